The van der Waals surface area contributed by atoms with Crippen molar-refractivity contribution in [2.24, 2.45) is 0 Å². The number of hydrogen-bond donors (Lipinski definition) is 3. The third-order valence-electron chi connectivity index (χ3n) is 7.30. The van der Waals surface area contributed by atoms with Gasteiger partial charge in [-0.2, -0.15) is 0 Å². The summed E-state index contributed by atoms with van der Waals surface area (Å²) in [5, 5.41) is 7.25. The van der Waals surface area contributed by atoms with Crippen molar-refractivity contribution in [3.05, 3.63) is 36.7 Å². The topological polar surface area (TPSA) is 109 Å². The zero-order chi connectivity index (χ0) is 25.9. The summed E-state index contributed by atoms with van der Waals surface area (Å²) in [6, 6.07) is 8.20. The molecule has 2 aliphatic heterocycles. The average Bonchev–Trinajstić information content (AvgIpc) is 3.31. The van der Waals surface area contributed by atoms with Gasteiger partial charge < -0.3 is 30.3 Å². The van der Waals surface area contributed by atoms with Gasteiger partial charge in [0.15, 0.2) is 0 Å². The second kappa shape index (κ2) is 10.9. The lowest BCUT2D eigenvalue weighted by atomic mass is 10.1. The predicted octanol–water partition coefficient (Wildman–Crippen LogP) is 2.80. The zero-order valence-electron chi connectivity index (χ0n) is 21.8. The fraction of sp³-hybridized carbons (Fsp3) is 0.481. The molecule has 0 radical (unpaired) electrons. The Hall–Kier alpha value is -3.50. The first-order valence-corrected chi connectivity index (χ1v) is 13.1. The van der Waals surface area contributed by atoms with Gasteiger partial charge in [-0.1, -0.05) is 6.07 Å². The Kier molecular flexibility index (Phi) is 7.38. The molecule has 2 saturated heterocycles. The van der Waals surface area contributed by atoms with E-state index in [1.54, 1.807) is 13.1 Å². The molecule has 3 N–H and O–H groups in total. The van der Waals surface area contributed by atoms with E-state index in [9.17, 15) is 9.59 Å². The average molecular weight is 509 g/mol. The lowest BCUT2D eigenvalue weighted by Crippen LogP contribution is -2.58. The molecule has 2 aliphatic rings. The Labute approximate surface area is 220 Å². The number of rotatable bonds is 6. The van der Waals surface area contributed by atoms with E-state index in [-0.39, 0.29) is 26.8 Å². The van der Waals surface area contributed by atoms with Gasteiger partial charge in [0, 0.05) is 91.2 Å². The fourth-order valence-corrected chi connectivity index (χ4v) is 5.58. The molecule has 5 rings (SSSR count). The quantitative estimate of drug-likeness (QED) is 0.470. The molecular weight excluding hydrogens is 468 g/mol. The highest BCUT2D eigenvalue weighted by atomic mass is 16.2. The molecular formula is C27H40N8O2. The summed E-state index contributed by atoms with van der Waals surface area (Å²) >= 11 is 0. The van der Waals surface area contributed by atoms with Crippen molar-refractivity contribution >= 4 is 34.4 Å². The van der Waals surface area contributed by atoms with Crippen LogP contribution in [0.15, 0.2) is 36.7 Å². The van der Waals surface area contributed by atoms with E-state index < -0.39 is 0 Å². The molecule has 0 saturated carbocycles. The zero-order valence-corrected chi connectivity index (χ0v) is 21.8. The Bertz CT molecular complexity index is 1270. The first kappa shape index (κ1) is 25.2. The molecule has 0 spiro atoms. The van der Waals surface area contributed by atoms with E-state index >= 15 is 0 Å². The maximum absolute atomic E-state index is 12.6. The summed E-state index contributed by atoms with van der Waals surface area (Å²) in [7, 11) is 0. The molecule has 37 heavy (non-hydrogen) atoms. The van der Waals surface area contributed by atoms with E-state index in [1.165, 1.54) is 0 Å². The first-order valence-electron chi connectivity index (χ1n) is 13.1. The van der Waals surface area contributed by atoms with Crippen LogP contribution in [0.1, 0.15) is 30.0 Å². The summed E-state index contributed by atoms with van der Waals surface area (Å²) in [6.45, 7) is 11.9. The number of H-pyrrole nitrogens is 1. The Morgan fingerprint density at radius 3 is 2.65 bits per heavy atom. The smallest absolute Gasteiger partial charge is 0.225 e. The Morgan fingerprint density at radius 2 is 1.92 bits per heavy atom. The number of pyridine rings is 2. The van der Waals surface area contributed by atoms with Crippen molar-refractivity contribution in [3.63, 3.8) is 0 Å². The van der Waals surface area contributed by atoms with E-state index in [4.69, 9.17) is 4.98 Å². The van der Waals surface area contributed by atoms with Gasteiger partial charge >= 0.3 is 0 Å². The second-order valence-corrected chi connectivity index (χ2v) is 10.1. The SMILES string of the molecule is CC(=O)N1[C@H](C)CN(c2cccc(-c3c[nH]c4ncc(NC(=O)CCN5CCNCC5)cc34)n2)C[C@@H]1C.[HH].[HH]. The highest BCUT2D eigenvalue weighted by molar-refractivity contribution is 5.97. The molecule has 200 valence electrons. The second-order valence-electron chi connectivity index (χ2n) is 10.1. The van der Waals surface area contributed by atoms with E-state index in [2.05, 4.69) is 44.2 Å². The third kappa shape index (κ3) is 5.60. The number of aromatic amines is 1. The van der Waals surface area contributed by atoms with Crippen molar-refractivity contribution in [2.75, 3.05) is 56.0 Å². The number of amides is 2. The van der Waals surface area contributed by atoms with Crippen LogP contribution in [0.4, 0.5) is 11.5 Å². The van der Waals surface area contributed by atoms with Crippen LogP contribution in [0.3, 0.4) is 0 Å². The van der Waals surface area contributed by atoms with Crippen LogP contribution in [-0.4, -0.2) is 94.5 Å². The van der Waals surface area contributed by atoms with Gasteiger partial charge in [0.2, 0.25) is 11.8 Å². The molecule has 0 aromatic carbocycles. The Balaban J connectivity index is 0.00000210. The summed E-state index contributed by atoms with van der Waals surface area (Å²) in [4.78, 5) is 43.9. The molecule has 0 aliphatic carbocycles. The highest BCUT2D eigenvalue weighted by Crippen LogP contribution is 2.30. The number of nitrogens with one attached hydrogen (secondary N) is 3. The molecule has 5 heterocycles. The van der Waals surface area contributed by atoms with E-state index in [1.807, 2.05) is 35.4 Å². The number of piperazine rings is 2. The number of carbonyl (C=O) groups is 2. The minimum Gasteiger partial charge on any atom is -0.352 e. The van der Waals surface area contributed by atoms with E-state index in [0.29, 0.717) is 12.1 Å². The van der Waals surface area contributed by atoms with Gasteiger partial charge in [-0.25, -0.2) is 9.97 Å². The van der Waals surface area contributed by atoms with Gasteiger partial charge in [0.1, 0.15) is 11.5 Å². The molecule has 3 aromatic rings. The fourth-order valence-electron chi connectivity index (χ4n) is 5.58. The van der Waals surface area contributed by atoms with Crippen molar-refractivity contribution < 1.29 is 12.4 Å². The summed E-state index contributed by atoms with van der Waals surface area (Å²) < 4.78 is 0. The van der Waals surface area contributed by atoms with E-state index in [0.717, 1.165) is 73.9 Å². The molecule has 3 aromatic heterocycles. The standard InChI is InChI=1S/C27H36N8O2.2H2/c1-18-16-34(17-19(2)35(18)20(3)36)25-6-4-5-24(32-25)23-15-30-27-22(23)13-21(14-29-27)31-26(37)7-10-33-11-8-28-9-12-33;;/h4-6,13-15,18-19,28H,7-12,16-17H2,1-3H3,(H,29,30)(H,31,37);2*1H/t18-,19+;;. The third-order valence-corrected chi connectivity index (χ3v) is 7.30. The van der Waals surface area contributed by atoms with Crippen molar-refractivity contribution in [1.82, 2.24) is 30.1 Å². The lowest BCUT2D eigenvalue weighted by Gasteiger charge is -2.44. The normalized spacial score (nSPS) is 20.8. The van der Waals surface area contributed by atoms with Crippen LogP contribution in [0.5, 0.6) is 0 Å². The molecule has 0 bridgehead atoms. The van der Waals surface area contributed by atoms with Gasteiger partial charge in [0.05, 0.1) is 17.6 Å². The number of aromatic nitrogens is 3. The number of carbonyl (C=O) groups excluding carboxylic acids is 2. The minimum absolute atomic E-state index is 0. The number of nitrogens with zero attached hydrogens (tertiary/aromatic N) is 5. The summed E-state index contributed by atoms with van der Waals surface area (Å²) in [6.07, 6.45) is 4.06. The maximum Gasteiger partial charge on any atom is 0.225 e. The molecule has 10 nitrogen and oxygen atoms in total. The van der Waals surface area contributed by atoms with Crippen LogP contribution >= 0.6 is 0 Å². The summed E-state index contributed by atoms with van der Waals surface area (Å²) in [5.74, 6) is 0.989. The van der Waals surface area contributed by atoms with Gasteiger partial charge in [-0.05, 0) is 32.0 Å². The molecule has 0 unspecified atom stereocenters. The maximum atomic E-state index is 12.6. The molecule has 2 atom stereocenters. The Morgan fingerprint density at radius 1 is 1.16 bits per heavy atom. The number of fused-ring (bicyclic) bond motifs is 1. The van der Waals surface area contributed by atoms with Crippen LogP contribution in [0.2, 0.25) is 0 Å². The highest BCUT2D eigenvalue weighted by Gasteiger charge is 2.31. The molecule has 10 heteroatoms. The first-order chi connectivity index (χ1) is 17.9. The summed E-state index contributed by atoms with van der Waals surface area (Å²) in [5.41, 5.74) is 3.20. The van der Waals surface area contributed by atoms with Crippen molar-refractivity contribution in [1.29, 1.82) is 0 Å². The van der Waals surface area contributed by atoms with Crippen LogP contribution < -0.4 is 15.5 Å². The monoisotopic (exact) mass is 508 g/mol. The number of anilines is 2. The van der Waals surface area contributed by atoms with Gasteiger partial charge in [-0.15, -0.1) is 0 Å². The minimum atomic E-state index is -0.00941. The van der Waals surface area contributed by atoms with Gasteiger partial charge in [-0.3, -0.25) is 9.59 Å². The van der Waals surface area contributed by atoms with Crippen LogP contribution in [0, 0.1) is 0 Å². The predicted molar refractivity (Wildman–Crippen MR) is 150 cm³/mol. The van der Waals surface area contributed by atoms with Crippen LogP contribution in [0.25, 0.3) is 22.3 Å². The molecule has 2 amide bonds. The largest absolute Gasteiger partial charge is 0.352 e. The van der Waals surface area contributed by atoms with Crippen LogP contribution in [-0.2, 0) is 9.59 Å². The van der Waals surface area contributed by atoms with Crippen molar-refractivity contribution in [3.8, 4) is 11.3 Å². The van der Waals surface area contributed by atoms with Gasteiger partial charge in [0.25, 0.3) is 0 Å². The lowest BCUT2D eigenvalue weighted by molar-refractivity contribution is -0.133. The van der Waals surface area contributed by atoms with Crippen molar-refractivity contribution in [2.45, 2.75) is 39.3 Å². The number of hydrogen-bond acceptors (Lipinski definition) is 7. The molecule has 2 fully saturated rings.